The summed E-state index contributed by atoms with van der Waals surface area (Å²) in [6.07, 6.45) is 1.52. The average Bonchev–Trinajstić information content (AvgIpc) is 3.17. The van der Waals surface area contributed by atoms with Crippen LogP contribution < -0.4 is 11.2 Å². The van der Waals surface area contributed by atoms with Gasteiger partial charge in [-0.1, -0.05) is 60.7 Å². The van der Waals surface area contributed by atoms with Crippen LogP contribution in [0.2, 0.25) is 0 Å². The van der Waals surface area contributed by atoms with Gasteiger partial charge in [0.1, 0.15) is 6.10 Å². The quantitative estimate of drug-likeness (QED) is 0.573. The SMILES string of the molecule is O=c1ccn(C[C@H]2C[C@H](OCc3ccccc3)[C@@H](COCc3ccccc3)O2)c(=O)[nH]1. The van der Waals surface area contributed by atoms with Gasteiger partial charge in [-0.15, -0.1) is 0 Å². The second-order valence-corrected chi connectivity index (χ2v) is 7.63. The molecule has 1 fully saturated rings. The van der Waals surface area contributed by atoms with Crippen molar-refractivity contribution in [3.63, 3.8) is 0 Å². The summed E-state index contributed by atoms with van der Waals surface area (Å²) in [6, 6.07) is 21.3. The highest BCUT2D eigenvalue weighted by Gasteiger charge is 2.36. The van der Waals surface area contributed by atoms with Gasteiger partial charge in [-0.05, 0) is 11.1 Å². The standard InChI is InChI=1S/C24H26N2O5/c27-23-11-12-26(24(28)25-23)14-20-13-21(30-16-19-9-5-2-6-10-19)22(31-20)17-29-15-18-7-3-1-4-8-18/h1-12,20-22H,13-17H2,(H,25,27,28)/t20-,21+,22-/m1/s1. The number of aromatic amines is 1. The third-order valence-corrected chi connectivity index (χ3v) is 5.27. The van der Waals surface area contributed by atoms with Gasteiger partial charge in [0, 0.05) is 18.7 Å². The Morgan fingerprint density at radius 3 is 2.29 bits per heavy atom. The Balaban J connectivity index is 1.39. The van der Waals surface area contributed by atoms with E-state index in [0.29, 0.717) is 32.8 Å². The monoisotopic (exact) mass is 422 g/mol. The fourth-order valence-corrected chi connectivity index (χ4v) is 3.69. The van der Waals surface area contributed by atoms with E-state index in [1.54, 1.807) is 0 Å². The highest BCUT2D eigenvalue weighted by Crippen LogP contribution is 2.26. The number of H-pyrrole nitrogens is 1. The lowest BCUT2D eigenvalue weighted by Gasteiger charge is -2.19. The molecule has 3 atom stereocenters. The van der Waals surface area contributed by atoms with Crippen LogP contribution in [0.15, 0.2) is 82.5 Å². The summed E-state index contributed by atoms with van der Waals surface area (Å²) in [4.78, 5) is 25.6. The molecule has 3 aromatic rings. The van der Waals surface area contributed by atoms with Crippen molar-refractivity contribution >= 4 is 0 Å². The number of hydrogen-bond donors (Lipinski definition) is 1. The lowest BCUT2D eigenvalue weighted by molar-refractivity contribution is -0.0728. The molecule has 0 amide bonds. The first kappa shape index (κ1) is 21.2. The molecule has 0 bridgehead atoms. The third kappa shape index (κ3) is 6.01. The van der Waals surface area contributed by atoms with E-state index in [1.807, 2.05) is 60.7 Å². The zero-order chi connectivity index (χ0) is 21.5. The van der Waals surface area contributed by atoms with Gasteiger partial charge < -0.3 is 14.2 Å². The zero-order valence-electron chi connectivity index (χ0n) is 17.2. The number of nitrogens with one attached hydrogen (secondary N) is 1. The fourth-order valence-electron chi connectivity index (χ4n) is 3.69. The molecule has 0 unspecified atom stereocenters. The van der Waals surface area contributed by atoms with Crippen molar-refractivity contribution < 1.29 is 14.2 Å². The molecule has 7 nitrogen and oxygen atoms in total. The number of nitrogens with zero attached hydrogens (tertiary/aromatic N) is 1. The zero-order valence-corrected chi connectivity index (χ0v) is 17.2. The molecule has 2 heterocycles. The maximum atomic E-state index is 12.0. The number of benzene rings is 2. The molecule has 1 aliphatic rings. The third-order valence-electron chi connectivity index (χ3n) is 5.27. The summed E-state index contributed by atoms with van der Waals surface area (Å²) in [5.41, 5.74) is 1.33. The minimum Gasteiger partial charge on any atom is -0.374 e. The molecular formula is C24H26N2O5. The molecule has 0 aliphatic carbocycles. The Labute approximate surface area is 180 Å². The van der Waals surface area contributed by atoms with E-state index < -0.39 is 11.2 Å². The molecule has 2 aromatic carbocycles. The Bertz CT molecular complexity index is 1060. The minimum atomic E-state index is -0.443. The molecule has 162 valence electrons. The first-order valence-corrected chi connectivity index (χ1v) is 10.4. The van der Waals surface area contributed by atoms with Gasteiger partial charge >= 0.3 is 5.69 Å². The van der Waals surface area contributed by atoms with Crippen LogP contribution in [0.25, 0.3) is 0 Å². The number of hydrogen-bond acceptors (Lipinski definition) is 5. The number of ether oxygens (including phenoxy) is 3. The van der Waals surface area contributed by atoms with Crippen LogP contribution in [-0.2, 0) is 34.0 Å². The van der Waals surface area contributed by atoms with Crippen molar-refractivity contribution in [2.24, 2.45) is 0 Å². The van der Waals surface area contributed by atoms with Crippen LogP contribution in [0.1, 0.15) is 17.5 Å². The number of aromatic nitrogens is 2. The molecule has 31 heavy (non-hydrogen) atoms. The lowest BCUT2D eigenvalue weighted by Crippen LogP contribution is -2.32. The van der Waals surface area contributed by atoms with E-state index >= 15 is 0 Å². The second-order valence-electron chi connectivity index (χ2n) is 7.63. The Morgan fingerprint density at radius 2 is 1.61 bits per heavy atom. The van der Waals surface area contributed by atoms with E-state index in [4.69, 9.17) is 14.2 Å². The van der Waals surface area contributed by atoms with E-state index in [1.165, 1.54) is 16.8 Å². The van der Waals surface area contributed by atoms with Crippen LogP contribution in [0.3, 0.4) is 0 Å². The largest absolute Gasteiger partial charge is 0.374 e. The first-order chi connectivity index (χ1) is 15.2. The highest BCUT2D eigenvalue weighted by atomic mass is 16.6. The van der Waals surface area contributed by atoms with Gasteiger partial charge in [0.15, 0.2) is 0 Å². The smallest absolute Gasteiger partial charge is 0.328 e. The van der Waals surface area contributed by atoms with Gasteiger partial charge in [-0.2, -0.15) is 0 Å². The van der Waals surface area contributed by atoms with Crippen LogP contribution in [0.5, 0.6) is 0 Å². The molecule has 1 aliphatic heterocycles. The summed E-state index contributed by atoms with van der Waals surface area (Å²) >= 11 is 0. The van der Waals surface area contributed by atoms with Crippen molar-refractivity contribution in [1.29, 1.82) is 0 Å². The average molecular weight is 422 g/mol. The van der Waals surface area contributed by atoms with Crippen LogP contribution in [0.4, 0.5) is 0 Å². The normalized spacial score (nSPS) is 20.7. The van der Waals surface area contributed by atoms with Crippen molar-refractivity contribution in [3.05, 3.63) is 105 Å². The van der Waals surface area contributed by atoms with Crippen molar-refractivity contribution in [2.75, 3.05) is 6.61 Å². The summed E-state index contributed by atoms with van der Waals surface area (Å²) in [7, 11) is 0. The Kier molecular flexibility index (Phi) is 7.09. The second kappa shape index (κ2) is 10.3. The topological polar surface area (TPSA) is 82.5 Å². The van der Waals surface area contributed by atoms with E-state index in [-0.39, 0.29) is 18.3 Å². The summed E-state index contributed by atoms with van der Waals surface area (Å²) in [5, 5.41) is 0. The van der Waals surface area contributed by atoms with Gasteiger partial charge in [0.25, 0.3) is 5.56 Å². The first-order valence-electron chi connectivity index (χ1n) is 10.4. The van der Waals surface area contributed by atoms with E-state index in [2.05, 4.69) is 4.98 Å². The van der Waals surface area contributed by atoms with Crippen LogP contribution in [-0.4, -0.2) is 34.5 Å². The van der Waals surface area contributed by atoms with Gasteiger partial charge in [0.05, 0.1) is 38.6 Å². The molecule has 1 saturated heterocycles. The predicted octanol–water partition coefficient (Wildman–Crippen LogP) is 2.50. The Morgan fingerprint density at radius 1 is 0.935 bits per heavy atom. The van der Waals surface area contributed by atoms with Crippen molar-refractivity contribution in [3.8, 4) is 0 Å². The van der Waals surface area contributed by atoms with Crippen molar-refractivity contribution in [2.45, 2.75) is 44.5 Å². The molecular weight excluding hydrogens is 396 g/mol. The molecule has 7 heteroatoms. The molecule has 0 saturated carbocycles. The molecule has 1 N–H and O–H groups in total. The Hall–Kier alpha value is -3.00. The maximum Gasteiger partial charge on any atom is 0.328 e. The lowest BCUT2D eigenvalue weighted by atomic mass is 10.1. The molecule has 0 spiro atoms. The van der Waals surface area contributed by atoms with Crippen molar-refractivity contribution in [1.82, 2.24) is 9.55 Å². The highest BCUT2D eigenvalue weighted by molar-refractivity contribution is 5.14. The van der Waals surface area contributed by atoms with Gasteiger partial charge in [-0.3, -0.25) is 14.3 Å². The fraction of sp³-hybridized carbons (Fsp3) is 0.333. The van der Waals surface area contributed by atoms with E-state index in [9.17, 15) is 9.59 Å². The van der Waals surface area contributed by atoms with E-state index in [0.717, 1.165) is 11.1 Å². The van der Waals surface area contributed by atoms with Gasteiger partial charge in [0.2, 0.25) is 0 Å². The predicted molar refractivity (Wildman–Crippen MR) is 116 cm³/mol. The number of rotatable bonds is 9. The molecule has 1 aromatic heterocycles. The van der Waals surface area contributed by atoms with Gasteiger partial charge in [-0.25, -0.2) is 4.79 Å². The van der Waals surface area contributed by atoms with Crippen LogP contribution >= 0.6 is 0 Å². The molecule has 0 radical (unpaired) electrons. The summed E-state index contributed by atoms with van der Waals surface area (Å²) in [6.45, 7) is 1.72. The maximum absolute atomic E-state index is 12.0. The molecule has 4 rings (SSSR count). The summed E-state index contributed by atoms with van der Waals surface area (Å²) in [5.74, 6) is 0. The van der Waals surface area contributed by atoms with Crippen LogP contribution in [0, 0.1) is 0 Å². The summed E-state index contributed by atoms with van der Waals surface area (Å²) < 4.78 is 19.7. The minimum absolute atomic E-state index is 0.153.